The molecule has 0 aromatic heterocycles. The van der Waals surface area contributed by atoms with E-state index >= 15 is 0 Å². The van der Waals surface area contributed by atoms with Gasteiger partial charge in [-0.25, -0.2) is 0 Å². The third-order valence-electron chi connectivity index (χ3n) is 2.55. The fraction of sp³-hybridized carbons (Fsp3) is 0.400. The van der Waals surface area contributed by atoms with E-state index in [-0.39, 0.29) is 5.91 Å². The van der Waals surface area contributed by atoms with Gasteiger partial charge in [0.15, 0.2) is 0 Å². The second-order valence-electron chi connectivity index (χ2n) is 4.25. The minimum Gasteiger partial charge on any atom is -0.325 e. The number of carbonyl (C=O) groups is 1. The molecule has 3 nitrogen and oxygen atoms in total. The van der Waals surface area contributed by atoms with E-state index in [1.807, 2.05) is 31.2 Å². The highest BCUT2D eigenvalue weighted by Crippen LogP contribution is 2.07. The first kappa shape index (κ1) is 14.3. The summed E-state index contributed by atoms with van der Waals surface area (Å²) in [6.45, 7) is 3.18. The highest BCUT2D eigenvalue weighted by Gasteiger charge is 2.00. The molecule has 0 fully saturated rings. The zero-order chi connectivity index (χ0) is 13.2. The van der Waals surface area contributed by atoms with Crippen LogP contribution in [-0.4, -0.2) is 19.0 Å². The fourth-order valence-electron chi connectivity index (χ4n) is 1.52. The molecule has 0 bridgehead atoms. The van der Waals surface area contributed by atoms with Crippen molar-refractivity contribution in [3.63, 3.8) is 0 Å². The maximum Gasteiger partial charge on any atom is 0.238 e. The molecule has 0 aliphatic carbocycles. The summed E-state index contributed by atoms with van der Waals surface area (Å²) in [6, 6.07) is 7.76. The predicted molar refractivity (Wildman–Crippen MR) is 75.4 cm³/mol. The molecule has 0 atom stereocenters. The third kappa shape index (κ3) is 6.07. The molecule has 0 unspecified atom stereocenters. The van der Waals surface area contributed by atoms with Crippen LogP contribution < -0.4 is 10.6 Å². The molecule has 0 radical (unpaired) electrons. The Morgan fingerprint density at radius 2 is 2.00 bits per heavy atom. The Kier molecular flexibility index (Phi) is 6.60. The molecule has 0 saturated carbocycles. The molecule has 0 saturated heterocycles. The zero-order valence-corrected chi connectivity index (χ0v) is 10.8. The molecule has 0 aliphatic heterocycles. The molecule has 0 spiro atoms. The third-order valence-corrected chi connectivity index (χ3v) is 2.55. The lowest BCUT2D eigenvalue weighted by atomic mass is 10.2. The molecule has 2 N–H and O–H groups in total. The Hall–Kier alpha value is -1.79. The summed E-state index contributed by atoms with van der Waals surface area (Å²) in [5, 5.41) is 5.93. The lowest BCUT2D eigenvalue weighted by Gasteiger charge is -2.06. The minimum atomic E-state index is -0.0178. The maximum atomic E-state index is 11.6. The van der Waals surface area contributed by atoms with Crippen LogP contribution in [0.1, 0.15) is 24.8 Å². The van der Waals surface area contributed by atoms with Crippen molar-refractivity contribution in [2.75, 3.05) is 18.4 Å². The largest absolute Gasteiger partial charge is 0.325 e. The van der Waals surface area contributed by atoms with Crippen LogP contribution in [0.4, 0.5) is 5.69 Å². The van der Waals surface area contributed by atoms with Crippen LogP contribution in [0.25, 0.3) is 0 Å². The van der Waals surface area contributed by atoms with Crippen molar-refractivity contribution in [3.05, 3.63) is 29.8 Å². The van der Waals surface area contributed by atoms with E-state index in [2.05, 4.69) is 16.6 Å². The summed E-state index contributed by atoms with van der Waals surface area (Å²) in [7, 11) is 0. The summed E-state index contributed by atoms with van der Waals surface area (Å²) in [6.07, 6.45) is 7.96. The first-order valence-corrected chi connectivity index (χ1v) is 6.23. The van der Waals surface area contributed by atoms with Gasteiger partial charge in [-0.05, 0) is 38.4 Å². The summed E-state index contributed by atoms with van der Waals surface area (Å²) >= 11 is 0. The molecule has 3 heteroatoms. The van der Waals surface area contributed by atoms with Crippen molar-refractivity contribution < 1.29 is 4.79 Å². The topological polar surface area (TPSA) is 41.1 Å². The summed E-state index contributed by atoms with van der Waals surface area (Å²) in [5.74, 6) is 2.58. The number of benzene rings is 1. The van der Waals surface area contributed by atoms with Crippen molar-refractivity contribution in [2.24, 2.45) is 0 Å². The second-order valence-corrected chi connectivity index (χ2v) is 4.25. The van der Waals surface area contributed by atoms with Crippen LogP contribution in [0.15, 0.2) is 24.3 Å². The lowest BCUT2D eigenvalue weighted by Crippen LogP contribution is -2.28. The first-order chi connectivity index (χ1) is 8.72. The smallest absolute Gasteiger partial charge is 0.238 e. The molecule has 0 heterocycles. The molecule has 1 rings (SSSR count). The van der Waals surface area contributed by atoms with Gasteiger partial charge in [0.2, 0.25) is 5.91 Å². The van der Waals surface area contributed by atoms with E-state index < -0.39 is 0 Å². The monoisotopic (exact) mass is 244 g/mol. The molecule has 1 aromatic rings. The Morgan fingerprint density at radius 3 is 2.67 bits per heavy atom. The number of aryl methyl sites for hydroxylation is 1. The van der Waals surface area contributed by atoms with Crippen LogP contribution in [-0.2, 0) is 4.79 Å². The molecule has 1 amide bonds. The van der Waals surface area contributed by atoms with E-state index in [1.54, 1.807) is 0 Å². The van der Waals surface area contributed by atoms with Crippen LogP contribution in [0.5, 0.6) is 0 Å². The molecule has 0 aliphatic rings. The van der Waals surface area contributed by atoms with E-state index in [0.29, 0.717) is 6.54 Å². The van der Waals surface area contributed by atoms with Gasteiger partial charge in [0.05, 0.1) is 6.54 Å². The number of rotatable bonds is 7. The Morgan fingerprint density at radius 1 is 1.28 bits per heavy atom. The molecular formula is C15H20N2O. The number of amides is 1. The van der Waals surface area contributed by atoms with Crippen LogP contribution in [0, 0.1) is 19.3 Å². The predicted octanol–water partition coefficient (Wildman–Crippen LogP) is 2.33. The van der Waals surface area contributed by atoms with Gasteiger partial charge in [0, 0.05) is 12.1 Å². The van der Waals surface area contributed by atoms with Crippen molar-refractivity contribution in [2.45, 2.75) is 26.2 Å². The van der Waals surface area contributed by atoms with Crippen LogP contribution in [0.2, 0.25) is 0 Å². The average Bonchev–Trinajstić information content (AvgIpc) is 2.36. The minimum absolute atomic E-state index is 0.0178. The molecule has 1 aromatic carbocycles. The Balaban J connectivity index is 2.14. The number of carbonyl (C=O) groups excluding carboxylic acids is 1. The number of terminal acetylenes is 1. The van der Waals surface area contributed by atoms with Gasteiger partial charge in [-0.2, -0.15) is 0 Å². The number of unbranched alkanes of at least 4 members (excludes halogenated alkanes) is 2. The van der Waals surface area contributed by atoms with E-state index in [9.17, 15) is 4.79 Å². The van der Waals surface area contributed by atoms with Crippen LogP contribution >= 0.6 is 0 Å². The van der Waals surface area contributed by atoms with Crippen molar-refractivity contribution in [1.29, 1.82) is 0 Å². The van der Waals surface area contributed by atoms with Crippen LogP contribution in [0.3, 0.4) is 0 Å². The summed E-state index contributed by atoms with van der Waals surface area (Å²) < 4.78 is 0. The fourth-order valence-corrected chi connectivity index (χ4v) is 1.52. The number of anilines is 1. The SMILES string of the molecule is C#CCCCCNCC(=O)Nc1ccc(C)cc1. The zero-order valence-electron chi connectivity index (χ0n) is 10.8. The molecule has 18 heavy (non-hydrogen) atoms. The summed E-state index contributed by atoms with van der Waals surface area (Å²) in [4.78, 5) is 11.6. The van der Waals surface area contributed by atoms with Gasteiger partial charge in [0.1, 0.15) is 0 Å². The Labute approximate surface area is 109 Å². The van der Waals surface area contributed by atoms with Crippen molar-refractivity contribution in [3.8, 4) is 12.3 Å². The normalized spacial score (nSPS) is 9.78. The van der Waals surface area contributed by atoms with E-state index in [0.717, 1.165) is 31.5 Å². The summed E-state index contributed by atoms with van der Waals surface area (Å²) in [5.41, 5.74) is 2.01. The van der Waals surface area contributed by atoms with Gasteiger partial charge < -0.3 is 10.6 Å². The molecule has 96 valence electrons. The van der Waals surface area contributed by atoms with Gasteiger partial charge in [-0.3, -0.25) is 4.79 Å². The highest BCUT2D eigenvalue weighted by atomic mass is 16.1. The van der Waals surface area contributed by atoms with Gasteiger partial charge in [-0.1, -0.05) is 17.7 Å². The first-order valence-electron chi connectivity index (χ1n) is 6.23. The number of nitrogens with one attached hydrogen (secondary N) is 2. The van der Waals surface area contributed by atoms with Gasteiger partial charge in [0.25, 0.3) is 0 Å². The van der Waals surface area contributed by atoms with E-state index in [1.165, 1.54) is 5.56 Å². The maximum absolute atomic E-state index is 11.6. The van der Waals surface area contributed by atoms with Gasteiger partial charge in [-0.15, -0.1) is 12.3 Å². The quantitative estimate of drug-likeness (QED) is 0.571. The van der Waals surface area contributed by atoms with Crippen molar-refractivity contribution in [1.82, 2.24) is 5.32 Å². The molecular weight excluding hydrogens is 224 g/mol. The Bertz CT molecular complexity index is 403. The second kappa shape index (κ2) is 8.32. The number of hydrogen-bond acceptors (Lipinski definition) is 2. The number of hydrogen-bond donors (Lipinski definition) is 2. The van der Waals surface area contributed by atoms with Crippen molar-refractivity contribution >= 4 is 11.6 Å². The average molecular weight is 244 g/mol. The lowest BCUT2D eigenvalue weighted by molar-refractivity contribution is -0.115. The highest BCUT2D eigenvalue weighted by molar-refractivity contribution is 5.92. The van der Waals surface area contributed by atoms with Gasteiger partial charge >= 0.3 is 0 Å². The van der Waals surface area contributed by atoms with E-state index in [4.69, 9.17) is 6.42 Å². The standard InChI is InChI=1S/C15H20N2O/c1-3-4-5-6-11-16-12-15(18)17-14-9-7-13(2)8-10-14/h1,7-10,16H,4-6,11-12H2,2H3,(H,17,18).